The van der Waals surface area contributed by atoms with Crippen LogP contribution >= 0.6 is 0 Å². The molecule has 0 aromatic rings. The highest BCUT2D eigenvalue weighted by atomic mass is 15.2. The molecular formula is C17H34N4. The molecule has 4 heteroatoms. The molecule has 122 valence electrons. The Morgan fingerprint density at radius 2 is 1.95 bits per heavy atom. The van der Waals surface area contributed by atoms with Crippen LogP contribution in [-0.2, 0) is 0 Å². The fourth-order valence-electron chi connectivity index (χ4n) is 3.63. The lowest BCUT2D eigenvalue weighted by Gasteiger charge is -2.36. The molecule has 2 rings (SSSR count). The topological polar surface area (TPSA) is 39.7 Å². The Morgan fingerprint density at radius 3 is 2.62 bits per heavy atom. The molecule has 1 heterocycles. The number of hydrogen-bond acceptors (Lipinski definition) is 2. The van der Waals surface area contributed by atoms with Crippen LogP contribution in [0.25, 0.3) is 0 Å². The van der Waals surface area contributed by atoms with Crippen molar-refractivity contribution in [3.8, 4) is 0 Å². The smallest absolute Gasteiger partial charge is 0.191 e. The van der Waals surface area contributed by atoms with Crippen LogP contribution in [0.2, 0.25) is 0 Å². The SMILES string of the molecule is CN=C(NCC(C)N1CCCC(C)C1)NC1CCCCC1. The molecule has 1 saturated heterocycles. The first-order valence-corrected chi connectivity index (χ1v) is 8.90. The Balaban J connectivity index is 1.71. The summed E-state index contributed by atoms with van der Waals surface area (Å²) in [6, 6.07) is 1.20. The van der Waals surface area contributed by atoms with E-state index in [1.54, 1.807) is 0 Å². The molecule has 2 N–H and O–H groups in total. The minimum atomic E-state index is 0.581. The number of nitrogens with one attached hydrogen (secondary N) is 2. The third kappa shape index (κ3) is 5.50. The van der Waals surface area contributed by atoms with Gasteiger partial charge < -0.3 is 10.6 Å². The normalized spacial score (nSPS) is 27.4. The molecule has 0 spiro atoms. The van der Waals surface area contributed by atoms with Gasteiger partial charge in [0.15, 0.2) is 5.96 Å². The Labute approximate surface area is 130 Å². The summed E-state index contributed by atoms with van der Waals surface area (Å²) in [5.41, 5.74) is 0. The molecule has 1 saturated carbocycles. The molecule has 0 radical (unpaired) electrons. The molecule has 2 atom stereocenters. The van der Waals surface area contributed by atoms with Crippen molar-refractivity contribution in [2.75, 3.05) is 26.7 Å². The first-order valence-electron chi connectivity index (χ1n) is 8.90. The maximum atomic E-state index is 4.39. The van der Waals surface area contributed by atoms with Crippen molar-refractivity contribution >= 4 is 5.96 Å². The highest BCUT2D eigenvalue weighted by Gasteiger charge is 2.21. The molecule has 4 nitrogen and oxygen atoms in total. The molecule has 2 unspecified atom stereocenters. The van der Waals surface area contributed by atoms with Gasteiger partial charge in [-0.3, -0.25) is 9.89 Å². The Bertz CT molecular complexity index is 323. The Hall–Kier alpha value is -0.770. The molecule has 0 bridgehead atoms. The Morgan fingerprint density at radius 1 is 1.19 bits per heavy atom. The van der Waals surface area contributed by atoms with Crippen molar-refractivity contribution in [2.45, 2.75) is 70.9 Å². The van der Waals surface area contributed by atoms with Crippen molar-refractivity contribution in [2.24, 2.45) is 10.9 Å². The lowest BCUT2D eigenvalue weighted by molar-refractivity contribution is 0.139. The van der Waals surface area contributed by atoms with E-state index in [-0.39, 0.29) is 0 Å². The van der Waals surface area contributed by atoms with Gasteiger partial charge in [0.25, 0.3) is 0 Å². The number of rotatable bonds is 4. The highest BCUT2D eigenvalue weighted by molar-refractivity contribution is 5.79. The summed E-state index contributed by atoms with van der Waals surface area (Å²) in [7, 11) is 1.88. The van der Waals surface area contributed by atoms with Crippen LogP contribution in [0.1, 0.15) is 58.8 Å². The quantitative estimate of drug-likeness (QED) is 0.618. The van der Waals surface area contributed by atoms with E-state index >= 15 is 0 Å². The molecule has 21 heavy (non-hydrogen) atoms. The van der Waals surface area contributed by atoms with Crippen LogP contribution in [0.15, 0.2) is 4.99 Å². The van der Waals surface area contributed by atoms with Gasteiger partial charge in [-0.05, 0) is 45.1 Å². The third-order valence-corrected chi connectivity index (χ3v) is 5.05. The summed E-state index contributed by atoms with van der Waals surface area (Å²) < 4.78 is 0. The molecule has 0 amide bonds. The van der Waals surface area contributed by atoms with E-state index in [1.165, 1.54) is 58.0 Å². The summed E-state index contributed by atoms with van der Waals surface area (Å²) in [6.07, 6.45) is 9.43. The zero-order valence-electron chi connectivity index (χ0n) is 14.2. The van der Waals surface area contributed by atoms with Crippen LogP contribution in [0.5, 0.6) is 0 Å². The summed E-state index contributed by atoms with van der Waals surface area (Å²) >= 11 is 0. The number of hydrogen-bond donors (Lipinski definition) is 2. The summed E-state index contributed by atoms with van der Waals surface area (Å²) in [5.74, 6) is 1.83. The molecule has 2 fully saturated rings. The number of likely N-dealkylation sites (tertiary alicyclic amines) is 1. The van der Waals surface area contributed by atoms with Crippen molar-refractivity contribution in [3.05, 3.63) is 0 Å². The second-order valence-corrected chi connectivity index (χ2v) is 7.02. The average Bonchev–Trinajstić information content (AvgIpc) is 2.52. The maximum Gasteiger partial charge on any atom is 0.191 e. The minimum Gasteiger partial charge on any atom is -0.355 e. The van der Waals surface area contributed by atoms with Crippen molar-refractivity contribution in [3.63, 3.8) is 0 Å². The number of piperidine rings is 1. The summed E-state index contributed by atoms with van der Waals surface area (Å²) in [6.45, 7) is 8.19. The standard InChI is InChI=1S/C17H34N4/c1-14-8-7-11-21(13-14)15(2)12-19-17(18-3)20-16-9-5-4-6-10-16/h14-16H,4-13H2,1-3H3,(H2,18,19,20). The van der Waals surface area contributed by atoms with E-state index in [4.69, 9.17) is 0 Å². The fraction of sp³-hybridized carbons (Fsp3) is 0.941. The van der Waals surface area contributed by atoms with Crippen LogP contribution < -0.4 is 10.6 Å². The van der Waals surface area contributed by atoms with E-state index in [0.717, 1.165) is 18.4 Å². The molecule has 0 aromatic carbocycles. The van der Waals surface area contributed by atoms with E-state index in [9.17, 15) is 0 Å². The van der Waals surface area contributed by atoms with E-state index < -0.39 is 0 Å². The highest BCUT2D eigenvalue weighted by Crippen LogP contribution is 2.18. The van der Waals surface area contributed by atoms with Crippen molar-refractivity contribution in [1.82, 2.24) is 15.5 Å². The van der Waals surface area contributed by atoms with Gasteiger partial charge in [0.2, 0.25) is 0 Å². The van der Waals surface area contributed by atoms with Crippen molar-refractivity contribution in [1.29, 1.82) is 0 Å². The third-order valence-electron chi connectivity index (χ3n) is 5.05. The largest absolute Gasteiger partial charge is 0.355 e. The van der Waals surface area contributed by atoms with Gasteiger partial charge in [-0.25, -0.2) is 0 Å². The number of aliphatic imine (C=N–C) groups is 1. The van der Waals surface area contributed by atoms with Crippen LogP contribution in [-0.4, -0.2) is 49.6 Å². The van der Waals surface area contributed by atoms with Gasteiger partial charge in [0.05, 0.1) is 0 Å². The van der Waals surface area contributed by atoms with E-state index in [2.05, 4.69) is 34.4 Å². The number of nitrogens with zero attached hydrogens (tertiary/aromatic N) is 2. The maximum absolute atomic E-state index is 4.39. The fourth-order valence-corrected chi connectivity index (χ4v) is 3.63. The summed E-state index contributed by atoms with van der Waals surface area (Å²) in [4.78, 5) is 7.01. The molecule has 0 aromatic heterocycles. The van der Waals surface area contributed by atoms with Gasteiger partial charge in [-0.1, -0.05) is 26.2 Å². The predicted octanol–water partition coefficient (Wildman–Crippen LogP) is 2.60. The molecule has 1 aliphatic heterocycles. The molecular weight excluding hydrogens is 260 g/mol. The van der Waals surface area contributed by atoms with Crippen LogP contribution in [0, 0.1) is 5.92 Å². The minimum absolute atomic E-state index is 0.581. The van der Waals surface area contributed by atoms with Gasteiger partial charge in [-0.2, -0.15) is 0 Å². The van der Waals surface area contributed by atoms with Crippen molar-refractivity contribution < 1.29 is 0 Å². The zero-order valence-corrected chi connectivity index (χ0v) is 14.2. The number of guanidine groups is 1. The molecule has 1 aliphatic carbocycles. The summed E-state index contributed by atoms with van der Waals surface area (Å²) in [5, 5.41) is 7.12. The lowest BCUT2D eigenvalue weighted by Crippen LogP contribution is -2.50. The zero-order chi connectivity index (χ0) is 15.1. The van der Waals surface area contributed by atoms with Gasteiger partial charge in [0, 0.05) is 32.2 Å². The Kier molecular flexibility index (Phi) is 6.81. The first kappa shape index (κ1) is 16.6. The van der Waals surface area contributed by atoms with Gasteiger partial charge in [0.1, 0.15) is 0 Å². The first-order chi connectivity index (χ1) is 10.2. The van der Waals surface area contributed by atoms with Gasteiger partial charge >= 0.3 is 0 Å². The van der Waals surface area contributed by atoms with E-state index in [1.807, 2.05) is 7.05 Å². The second kappa shape index (κ2) is 8.62. The lowest BCUT2D eigenvalue weighted by atomic mass is 9.96. The van der Waals surface area contributed by atoms with Crippen LogP contribution in [0.4, 0.5) is 0 Å². The molecule has 2 aliphatic rings. The van der Waals surface area contributed by atoms with Gasteiger partial charge in [-0.15, -0.1) is 0 Å². The predicted molar refractivity (Wildman–Crippen MR) is 90.8 cm³/mol. The second-order valence-electron chi connectivity index (χ2n) is 7.02. The van der Waals surface area contributed by atoms with E-state index in [0.29, 0.717) is 12.1 Å². The monoisotopic (exact) mass is 294 g/mol. The average molecular weight is 294 g/mol. The van der Waals surface area contributed by atoms with Crippen LogP contribution in [0.3, 0.4) is 0 Å².